The molecule has 1 aliphatic rings. The fourth-order valence-corrected chi connectivity index (χ4v) is 4.04. The molecule has 0 bridgehead atoms. The number of hydrogen-bond acceptors (Lipinski definition) is 5. The van der Waals surface area contributed by atoms with Crippen molar-refractivity contribution in [2.24, 2.45) is 0 Å². The fourth-order valence-electron chi connectivity index (χ4n) is 4.04. The molecule has 0 unspecified atom stereocenters. The van der Waals surface area contributed by atoms with Gasteiger partial charge in [0.25, 0.3) is 5.91 Å². The molecule has 0 saturated heterocycles. The van der Waals surface area contributed by atoms with E-state index in [9.17, 15) is 9.59 Å². The zero-order valence-electron chi connectivity index (χ0n) is 17.7. The van der Waals surface area contributed by atoms with Gasteiger partial charge in [0, 0.05) is 36.6 Å². The zero-order chi connectivity index (χ0) is 22.2. The van der Waals surface area contributed by atoms with Crippen molar-refractivity contribution in [3.8, 4) is 23.0 Å². The van der Waals surface area contributed by atoms with E-state index in [2.05, 4.69) is 21.7 Å². The first-order valence-corrected chi connectivity index (χ1v) is 10.3. The number of aromatic nitrogens is 3. The summed E-state index contributed by atoms with van der Waals surface area (Å²) in [4.78, 5) is 33.1. The highest BCUT2D eigenvalue weighted by Crippen LogP contribution is 2.35. The molecule has 2 aromatic heterocycles. The minimum atomic E-state index is -0.175. The van der Waals surface area contributed by atoms with Gasteiger partial charge in [-0.25, -0.2) is 9.97 Å². The molecule has 8 nitrogen and oxygen atoms in total. The van der Waals surface area contributed by atoms with Crippen molar-refractivity contribution < 1.29 is 14.3 Å². The van der Waals surface area contributed by atoms with Crippen LogP contribution in [0.1, 0.15) is 22.3 Å². The molecule has 32 heavy (non-hydrogen) atoms. The Morgan fingerprint density at radius 1 is 1.16 bits per heavy atom. The Balaban J connectivity index is 1.76. The summed E-state index contributed by atoms with van der Waals surface area (Å²) < 4.78 is 7.52. The highest BCUT2D eigenvalue weighted by Gasteiger charge is 2.21. The smallest absolute Gasteiger partial charge is 0.251 e. The summed E-state index contributed by atoms with van der Waals surface area (Å²) in [6, 6.07) is 15.1. The van der Waals surface area contributed by atoms with Crippen LogP contribution in [0, 0.1) is 0 Å². The number of carbonyl (C=O) groups excluding carboxylic acids is 2. The molecule has 3 heterocycles. The van der Waals surface area contributed by atoms with Crippen LogP contribution in [0.4, 0.5) is 5.69 Å². The Morgan fingerprint density at radius 3 is 2.84 bits per heavy atom. The van der Waals surface area contributed by atoms with Crippen LogP contribution in [0.15, 0.2) is 54.7 Å². The number of methoxy groups -OCH3 is 1. The van der Waals surface area contributed by atoms with Crippen molar-refractivity contribution in [2.75, 3.05) is 19.5 Å². The predicted octanol–water partition coefficient (Wildman–Crippen LogP) is 3.34. The number of carbonyl (C=O) groups is 2. The number of imidazole rings is 1. The average molecular weight is 427 g/mol. The molecule has 0 saturated carbocycles. The first-order valence-electron chi connectivity index (χ1n) is 10.3. The third-order valence-electron chi connectivity index (χ3n) is 5.59. The van der Waals surface area contributed by atoms with E-state index in [0.29, 0.717) is 35.6 Å². The zero-order valence-corrected chi connectivity index (χ0v) is 17.7. The lowest BCUT2D eigenvalue weighted by atomic mass is 10.0. The highest BCUT2D eigenvalue weighted by molar-refractivity contribution is 5.98. The van der Waals surface area contributed by atoms with E-state index < -0.39 is 0 Å². The molecule has 2 aromatic carbocycles. The second kappa shape index (κ2) is 7.81. The lowest BCUT2D eigenvalue weighted by Crippen LogP contribution is -2.19. The number of aryl methyl sites for hydroxylation is 1. The summed E-state index contributed by atoms with van der Waals surface area (Å²) in [6.07, 6.45) is 2.80. The van der Waals surface area contributed by atoms with E-state index in [1.165, 1.54) is 0 Å². The van der Waals surface area contributed by atoms with Crippen molar-refractivity contribution in [1.82, 2.24) is 19.9 Å². The van der Waals surface area contributed by atoms with Gasteiger partial charge in [-0.15, -0.1) is 0 Å². The number of fused-ring (bicyclic) bond motifs is 2. The normalized spacial score (nSPS) is 12.9. The fraction of sp³-hybridized carbons (Fsp3) is 0.167. The van der Waals surface area contributed by atoms with Gasteiger partial charge in [-0.3, -0.25) is 14.2 Å². The third kappa shape index (κ3) is 3.26. The van der Waals surface area contributed by atoms with Crippen molar-refractivity contribution in [3.05, 3.63) is 65.9 Å². The monoisotopic (exact) mass is 427 g/mol. The second-order valence-corrected chi connectivity index (χ2v) is 7.50. The topological polar surface area (TPSA) is 98.1 Å². The van der Waals surface area contributed by atoms with Crippen LogP contribution in [-0.4, -0.2) is 40.5 Å². The maximum atomic E-state index is 12.2. The van der Waals surface area contributed by atoms with Gasteiger partial charge in [0.1, 0.15) is 0 Å². The maximum absolute atomic E-state index is 12.2. The summed E-state index contributed by atoms with van der Waals surface area (Å²) in [7, 11) is 3.17. The number of amides is 2. The molecular formula is C24H21N5O3. The number of nitrogens with one attached hydrogen (secondary N) is 2. The van der Waals surface area contributed by atoms with Crippen molar-refractivity contribution in [1.29, 1.82) is 0 Å². The van der Waals surface area contributed by atoms with Crippen LogP contribution >= 0.6 is 0 Å². The SMILES string of the molecule is CNC(=O)c1ccc2c(c1)nc(-c1cccnc1OC)n2-c1ccc2c(c1)CCC(=O)N2. The molecule has 4 aromatic rings. The number of ether oxygens (including phenoxy) is 1. The van der Waals surface area contributed by atoms with Gasteiger partial charge >= 0.3 is 0 Å². The van der Waals surface area contributed by atoms with Gasteiger partial charge in [0.15, 0.2) is 5.82 Å². The molecule has 1 aliphatic heterocycles. The largest absolute Gasteiger partial charge is 0.480 e. The third-order valence-corrected chi connectivity index (χ3v) is 5.59. The summed E-state index contributed by atoms with van der Waals surface area (Å²) >= 11 is 0. The van der Waals surface area contributed by atoms with E-state index >= 15 is 0 Å². The average Bonchev–Trinajstić information content (AvgIpc) is 3.21. The van der Waals surface area contributed by atoms with E-state index in [4.69, 9.17) is 9.72 Å². The van der Waals surface area contributed by atoms with E-state index in [0.717, 1.165) is 28.0 Å². The lowest BCUT2D eigenvalue weighted by molar-refractivity contribution is -0.116. The Bertz CT molecular complexity index is 1380. The molecule has 0 atom stereocenters. The Morgan fingerprint density at radius 2 is 2.03 bits per heavy atom. The standard InChI is InChI=1S/C24H21N5O3/c1-25-23(31)15-5-9-20-19(13-15)28-22(17-4-3-11-26-24(17)32-2)29(20)16-7-8-18-14(12-16)6-10-21(30)27-18/h3-5,7-9,11-13H,6,10H2,1-2H3,(H,25,31)(H,27,30). The van der Waals surface area contributed by atoms with Crippen LogP contribution in [0.25, 0.3) is 28.1 Å². The van der Waals surface area contributed by atoms with Gasteiger partial charge in [-0.2, -0.15) is 0 Å². The Labute approximate surface area is 184 Å². The van der Waals surface area contributed by atoms with Crippen LogP contribution in [0.2, 0.25) is 0 Å². The number of anilines is 1. The summed E-state index contributed by atoms with van der Waals surface area (Å²) in [5, 5.41) is 5.57. The lowest BCUT2D eigenvalue weighted by Gasteiger charge is -2.19. The molecule has 0 fully saturated rings. The summed E-state index contributed by atoms with van der Waals surface area (Å²) in [5.74, 6) is 0.965. The predicted molar refractivity (Wildman–Crippen MR) is 121 cm³/mol. The molecule has 160 valence electrons. The minimum absolute atomic E-state index is 0.0286. The van der Waals surface area contributed by atoms with E-state index in [1.54, 1.807) is 32.5 Å². The number of rotatable bonds is 4. The summed E-state index contributed by atoms with van der Waals surface area (Å²) in [5.41, 5.74) is 5.58. The number of pyridine rings is 1. The second-order valence-electron chi connectivity index (χ2n) is 7.50. The molecule has 0 aliphatic carbocycles. The number of hydrogen-bond donors (Lipinski definition) is 2. The van der Waals surface area contributed by atoms with Crippen molar-refractivity contribution >= 4 is 28.5 Å². The quantitative estimate of drug-likeness (QED) is 0.521. The Kier molecular flexibility index (Phi) is 4.82. The molecule has 0 spiro atoms. The molecule has 2 N–H and O–H groups in total. The van der Waals surface area contributed by atoms with Crippen LogP contribution in [0.5, 0.6) is 5.88 Å². The van der Waals surface area contributed by atoms with E-state index in [1.807, 2.05) is 34.9 Å². The maximum Gasteiger partial charge on any atom is 0.251 e. The van der Waals surface area contributed by atoms with Crippen LogP contribution in [0.3, 0.4) is 0 Å². The van der Waals surface area contributed by atoms with E-state index in [-0.39, 0.29) is 11.8 Å². The molecule has 2 amide bonds. The highest BCUT2D eigenvalue weighted by atomic mass is 16.5. The van der Waals surface area contributed by atoms with Gasteiger partial charge < -0.3 is 15.4 Å². The first kappa shape index (κ1) is 19.7. The number of benzene rings is 2. The van der Waals surface area contributed by atoms with Gasteiger partial charge in [0.2, 0.25) is 11.8 Å². The minimum Gasteiger partial charge on any atom is -0.480 e. The first-order chi connectivity index (χ1) is 15.6. The van der Waals surface area contributed by atoms with Crippen molar-refractivity contribution in [3.63, 3.8) is 0 Å². The van der Waals surface area contributed by atoms with Crippen LogP contribution in [-0.2, 0) is 11.2 Å². The van der Waals surface area contributed by atoms with Crippen molar-refractivity contribution in [2.45, 2.75) is 12.8 Å². The number of nitrogens with zero attached hydrogens (tertiary/aromatic N) is 3. The van der Waals surface area contributed by atoms with Gasteiger partial charge in [-0.1, -0.05) is 0 Å². The Hall–Kier alpha value is -4.20. The molecular weight excluding hydrogens is 406 g/mol. The molecule has 8 heteroatoms. The molecule has 0 radical (unpaired) electrons. The summed E-state index contributed by atoms with van der Waals surface area (Å²) in [6.45, 7) is 0. The van der Waals surface area contributed by atoms with Gasteiger partial charge in [0.05, 0.1) is 23.7 Å². The van der Waals surface area contributed by atoms with Crippen LogP contribution < -0.4 is 15.4 Å². The molecule has 5 rings (SSSR count). The van der Waals surface area contributed by atoms with Gasteiger partial charge in [-0.05, 0) is 60.5 Å².